The van der Waals surface area contributed by atoms with Crippen molar-refractivity contribution in [2.45, 2.75) is 33.3 Å². The molecule has 2 aromatic carbocycles. The van der Waals surface area contributed by atoms with Crippen molar-refractivity contribution >= 4 is 12.0 Å². The van der Waals surface area contributed by atoms with Crippen molar-refractivity contribution in [2.24, 2.45) is 0 Å². The van der Waals surface area contributed by atoms with Crippen molar-refractivity contribution in [1.29, 1.82) is 0 Å². The Bertz CT molecular complexity index is 1110. The maximum atomic E-state index is 12.0. The molecule has 0 saturated carbocycles. The van der Waals surface area contributed by atoms with Gasteiger partial charge in [0.1, 0.15) is 11.4 Å². The number of aryl methyl sites for hydroxylation is 1. The van der Waals surface area contributed by atoms with Gasteiger partial charge in [0, 0.05) is 16.7 Å². The van der Waals surface area contributed by atoms with Gasteiger partial charge in [-0.3, -0.25) is 5.32 Å². The summed E-state index contributed by atoms with van der Waals surface area (Å²) in [5.74, 6) is 7.58. The summed E-state index contributed by atoms with van der Waals surface area (Å²) < 4.78 is 10.5. The summed E-state index contributed by atoms with van der Waals surface area (Å²) in [4.78, 5) is 19.3. The van der Waals surface area contributed by atoms with Crippen LogP contribution in [-0.4, -0.2) is 28.8 Å². The monoisotopic (exact) mass is 403 g/mol. The number of imidazole rings is 1. The van der Waals surface area contributed by atoms with Gasteiger partial charge in [0.15, 0.2) is 0 Å². The van der Waals surface area contributed by atoms with E-state index in [1.165, 1.54) is 0 Å². The highest BCUT2D eigenvalue weighted by Crippen LogP contribution is 2.23. The lowest BCUT2D eigenvalue weighted by atomic mass is 10.0. The Hall–Kier alpha value is -3.72. The normalized spacial score (nSPS) is 10.7. The Balaban J connectivity index is 1.84. The largest absolute Gasteiger partial charge is 0.497 e. The number of ether oxygens (including phenoxy) is 2. The second-order valence-electron chi connectivity index (χ2n) is 7.75. The molecule has 0 fully saturated rings. The fraction of sp³-hybridized carbons (Fsp3) is 0.250. The lowest BCUT2D eigenvalue weighted by Gasteiger charge is -2.18. The third-order valence-electron chi connectivity index (χ3n) is 4.18. The Labute approximate surface area is 176 Å². The van der Waals surface area contributed by atoms with Crippen LogP contribution in [0.25, 0.3) is 11.3 Å². The van der Waals surface area contributed by atoms with E-state index in [-0.39, 0.29) is 0 Å². The van der Waals surface area contributed by atoms with Crippen LogP contribution in [-0.2, 0) is 4.74 Å². The summed E-state index contributed by atoms with van der Waals surface area (Å²) in [5.41, 5.74) is 3.88. The van der Waals surface area contributed by atoms with Crippen molar-refractivity contribution in [3.63, 3.8) is 0 Å². The van der Waals surface area contributed by atoms with E-state index in [9.17, 15) is 4.79 Å². The highest BCUT2D eigenvalue weighted by atomic mass is 16.6. The second-order valence-corrected chi connectivity index (χ2v) is 7.75. The van der Waals surface area contributed by atoms with E-state index in [0.717, 1.165) is 33.7 Å². The number of aromatic amines is 1. The SMILES string of the molecule is COc1ccc(C#Cc2ccccc2-c2cnc(NC(=O)OC(C)(C)C)[nH]2)c(C)c1. The van der Waals surface area contributed by atoms with Crippen molar-refractivity contribution in [3.8, 4) is 28.8 Å². The van der Waals surface area contributed by atoms with E-state index in [0.29, 0.717) is 5.95 Å². The summed E-state index contributed by atoms with van der Waals surface area (Å²) >= 11 is 0. The molecule has 0 aliphatic rings. The van der Waals surface area contributed by atoms with E-state index in [1.54, 1.807) is 34.1 Å². The number of carbonyl (C=O) groups excluding carboxylic acids is 1. The van der Waals surface area contributed by atoms with Crippen molar-refractivity contribution < 1.29 is 14.3 Å². The Morgan fingerprint density at radius 2 is 1.83 bits per heavy atom. The zero-order valence-electron chi connectivity index (χ0n) is 17.8. The molecule has 2 N–H and O–H groups in total. The van der Waals surface area contributed by atoms with Gasteiger partial charge in [0.05, 0.1) is 19.0 Å². The van der Waals surface area contributed by atoms with Crippen LogP contribution in [0.15, 0.2) is 48.7 Å². The van der Waals surface area contributed by atoms with Gasteiger partial charge in [0.25, 0.3) is 0 Å². The lowest BCUT2D eigenvalue weighted by Crippen LogP contribution is -2.27. The van der Waals surface area contributed by atoms with Gasteiger partial charge in [-0.1, -0.05) is 30.0 Å². The number of methoxy groups -OCH3 is 1. The maximum Gasteiger partial charge on any atom is 0.414 e. The molecule has 0 bridgehead atoms. The van der Waals surface area contributed by atoms with Crippen LogP contribution in [0.5, 0.6) is 5.75 Å². The minimum atomic E-state index is -0.582. The van der Waals surface area contributed by atoms with Crippen LogP contribution in [0.4, 0.5) is 10.7 Å². The maximum absolute atomic E-state index is 12.0. The second kappa shape index (κ2) is 8.75. The van der Waals surface area contributed by atoms with Gasteiger partial charge in [-0.2, -0.15) is 0 Å². The molecule has 0 aliphatic heterocycles. The number of anilines is 1. The molecular formula is C24H25N3O3. The number of aromatic nitrogens is 2. The number of amides is 1. The molecule has 6 heteroatoms. The average molecular weight is 403 g/mol. The Morgan fingerprint density at radius 3 is 2.53 bits per heavy atom. The first-order valence-electron chi connectivity index (χ1n) is 9.56. The van der Waals surface area contributed by atoms with Gasteiger partial charge < -0.3 is 14.5 Å². The van der Waals surface area contributed by atoms with Crippen molar-refractivity contribution in [3.05, 3.63) is 65.4 Å². The number of H-pyrrole nitrogens is 1. The van der Waals surface area contributed by atoms with E-state index in [2.05, 4.69) is 27.1 Å². The summed E-state index contributed by atoms with van der Waals surface area (Å²) in [7, 11) is 1.65. The van der Waals surface area contributed by atoms with Gasteiger partial charge in [-0.25, -0.2) is 9.78 Å². The molecule has 0 atom stereocenters. The van der Waals surface area contributed by atoms with Gasteiger partial charge in [0.2, 0.25) is 5.95 Å². The highest BCUT2D eigenvalue weighted by Gasteiger charge is 2.17. The van der Waals surface area contributed by atoms with Crippen LogP contribution in [0.2, 0.25) is 0 Å². The van der Waals surface area contributed by atoms with Crippen LogP contribution < -0.4 is 10.1 Å². The fourth-order valence-corrected chi connectivity index (χ4v) is 2.79. The third-order valence-corrected chi connectivity index (χ3v) is 4.18. The summed E-state index contributed by atoms with van der Waals surface area (Å²) in [6.45, 7) is 7.42. The average Bonchev–Trinajstić information content (AvgIpc) is 3.13. The standard InChI is InChI=1S/C24H25N3O3/c1-16-14-19(29-5)13-12-17(16)10-11-18-8-6-7-9-20(18)21-15-25-22(26-21)27-23(28)30-24(2,3)4/h6-9,12-15H,1-5H3,(H2,25,26,27,28). The topological polar surface area (TPSA) is 76.2 Å². The molecule has 1 amide bonds. The molecular weight excluding hydrogens is 378 g/mol. The zero-order valence-corrected chi connectivity index (χ0v) is 17.8. The van der Waals surface area contributed by atoms with E-state index in [4.69, 9.17) is 9.47 Å². The molecule has 30 heavy (non-hydrogen) atoms. The summed E-state index contributed by atoms with van der Waals surface area (Å²) in [6.07, 6.45) is 1.10. The number of benzene rings is 2. The zero-order chi connectivity index (χ0) is 21.7. The molecule has 1 heterocycles. The molecule has 0 unspecified atom stereocenters. The molecule has 0 radical (unpaired) electrons. The first-order chi connectivity index (χ1) is 14.2. The highest BCUT2D eigenvalue weighted by molar-refractivity contribution is 5.83. The smallest absolute Gasteiger partial charge is 0.414 e. The van der Waals surface area contributed by atoms with Crippen LogP contribution in [0.3, 0.4) is 0 Å². The number of hydrogen-bond acceptors (Lipinski definition) is 4. The number of nitrogens with zero attached hydrogens (tertiary/aromatic N) is 1. The van der Waals surface area contributed by atoms with Crippen LogP contribution >= 0.6 is 0 Å². The Morgan fingerprint density at radius 1 is 1.10 bits per heavy atom. The minimum absolute atomic E-state index is 0.313. The number of nitrogens with one attached hydrogen (secondary N) is 2. The molecule has 6 nitrogen and oxygen atoms in total. The van der Waals surface area contributed by atoms with Crippen LogP contribution in [0.1, 0.15) is 37.5 Å². The summed E-state index contributed by atoms with van der Waals surface area (Å²) in [5, 5.41) is 2.61. The quantitative estimate of drug-likeness (QED) is 0.594. The van der Waals surface area contributed by atoms with Crippen molar-refractivity contribution in [2.75, 3.05) is 12.4 Å². The minimum Gasteiger partial charge on any atom is -0.497 e. The lowest BCUT2D eigenvalue weighted by molar-refractivity contribution is 0.0635. The third kappa shape index (κ3) is 5.42. The molecule has 3 aromatic rings. The number of carbonyl (C=O) groups is 1. The van der Waals surface area contributed by atoms with Gasteiger partial charge >= 0.3 is 6.09 Å². The van der Waals surface area contributed by atoms with Gasteiger partial charge in [-0.15, -0.1) is 0 Å². The fourth-order valence-electron chi connectivity index (χ4n) is 2.79. The molecule has 3 rings (SSSR count). The molecule has 154 valence electrons. The predicted octanol–water partition coefficient (Wildman–Crippen LogP) is 5.14. The molecule has 0 saturated heterocycles. The molecule has 0 spiro atoms. The Kier molecular flexibility index (Phi) is 6.12. The first kappa shape index (κ1) is 21.0. The van der Waals surface area contributed by atoms with Gasteiger partial charge in [-0.05, 0) is 57.5 Å². The van der Waals surface area contributed by atoms with E-state index >= 15 is 0 Å². The van der Waals surface area contributed by atoms with Crippen molar-refractivity contribution in [1.82, 2.24) is 9.97 Å². The summed E-state index contributed by atoms with van der Waals surface area (Å²) in [6, 6.07) is 13.6. The first-order valence-corrected chi connectivity index (χ1v) is 9.56. The molecule has 0 aliphatic carbocycles. The number of hydrogen-bond donors (Lipinski definition) is 2. The predicted molar refractivity (Wildman–Crippen MR) is 118 cm³/mol. The molecule has 1 aromatic heterocycles. The van der Waals surface area contributed by atoms with E-state index in [1.807, 2.05) is 49.4 Å². The number of rotatable bonds is 3. The van der Waals surface area contributed by atoms with E-state index < -0.39 is 11.7 Å². The van der Waals surface area contributed by atoms with Crippen LogP contribution in [0, 0.1) is 18.8 Å².